The van der Waals surface area contributed by atoms with Crippen molar-refractivity contribution in [3.63, 3.8) is 0 Å². The molecule has 0 spiro atoms. The summed E-state index contributed by atoms with van der Waals surface area (Å²) in [5.41, 5.74) is 3.13. The number of carboxylic acid groups (broad SMARTS) is 1. The number of anilines is 2. The van der Waals surface area contributed by atoms with Crippen LogP contribution in [0, 0.1) is 0 Å². The average molecular weight is 473 g/mol. The number of benzene rings is 4. The Hall–Kier alpha value is -4.21. The Balaban J connectivity index is 1.61. The maximum Gasteiger partial charge on any atom is 0.335 e. The molecule has 0 amide bonds. The van der Waals surface area contributed by atoms with E-state index < -0.39 is 16.0 Å². The molecule has 0 atom stereocenters. The first-order valence-electron chi connectivity index (χ1n) is 10.4. The highest BCUT2D eigenvalue weighted by atomic mass is 32.2. The number of carboxylic acids is 1. The van der Waals surface area contributed by atoms with Crippen LogP contribution in [0.25, 0.3) is 21.8 Å². The maximum atomic E-state index is 11.6. The number of fused-ring (bicyclic) bond motifs is 2. The largest absolute Gasteiger partial charge is 0.478 e. The number of nitrogens with one attached hydrogen (secondary N) is 1. The van der Waals surface area contributed by atoms with Gasteiger partial charge in [0.2, 0.25) is 16.0 Å². The van der Waals surface area contributed by atoms with Crippen LogP contribution in [0.1, 0.15) is 15.9 Å². The quantitative estimate of drug-likeness (QED) is 0.338. The molecule has 0 unspecified atom stereocenters. The standard InChI is InChI=1S/C25H20N4O4S/c26-34(32,33)20-11-9-19(10-12-20)27-25-28-22-14-17(24(30)31)8-13-23(22)29(25)15-18-6-3-5-16-4-1-2-7-21(16)18/h1-14H,15H2,(H,27,28)(H,30,31)(H2,26,32,33). The van der Waals surface area contributed by atoms with Crippen LogP contribution in [0.2, 0.25) is 0 Å². The van der Waals surface area contributed by atoms with E-state index in [0.29, 0.717) is 23.7 Å². The van der Waals surface area contributed by atoms with Gasteiger partial charge in [-0.1, -0.05) is 42.5 Å². The van der Waals surface area contributed by atoms with Gasteiger partial charge in [0, 0.05) is 5.69 Å². The fourth-order valence-corrected chi connectivity index (χ4v) is 4.49. The molecule has 0 saturated carbocycles. The summed E-state index contributed by atoms with van der Waals surface area (Å²) in [6.45, 7) is 0.488. The summed E-state index contributed by atoms with van der Waals surface area (Å²) in [5, 5.41) is 20.0. The number of aromatic carboxylic acids is 1. The van der Waals surface area contributed by atoms with Crippen molar-refractivity contribution in [2.75, 3.05) is 5.32 Å². The molecule has 8 nitrogen and oxygen atoms in total. The van der Waals surface area contributed by atoms with Crippen molar-refractivity contribution in [2.24, 2.45) is 5.14 Å². The van der Waals surface area contributed by atoms with Crippen LogP contribution in [-0.4, -0.2) is 29.0 Å². The lowest BCUT2D eigenvalue weighted by molar-refractivity contribution is 0.0697. The van der Waals surface area contributed by atoms with E-state index in [1.807, 2.05) is 28.8 Å². The molecule has 0 bridgehead atoms. The average Bonchev–Trinajstić information content (AvgIpc) is 3.15. The number of aromatic nitrogens is 2. The van der Waals surface area contributed by atoms with Crippen LogP contribution in [0.5, 0.6) is 0 Å². The lowest BCUT2D eigenvalue weighted by atomic mass is 10.0. The summed E-state index contributed by atoms with van der Waals surface area (Å²) in [6, 6.07) is 25.0. The number of nitrogens with zero attached hydrogens (tertiary/aromatic N) is 2. The first kappa shape index (κ1) is 21.6. The van der Waals surface area contributed by atoms with Gasteiger partial charge in [-0.15, -0.1) is 0 Å². The molecular weight excluding hydrogens is 452 g/mol. The Morgan fingerprint density at radius 1 is 0.971 bits per heavy atom. The molecule has 5 rings (SSSR count). The second-order valence-electron chi connectivity index (χ2n) is 7.86. The van der Waals surface area contributed by atoms with Gasteiger partial charge in [0.25, 0.3) is 0 Å². The molecule has 0 aliphatic heterocycles. The van der Waals surface area contributed by atoms with Crippen LogP contribution in [0.4, 0.5) is 11.6 Å². The van der Waals surface area contributed by atoms with Crippen molar-refractivity contribution in [3.8, 4) is 0 Å². The Morgan fingerprint density at radius 2 is 1.71 bits per heavy atom. The lowest BCUT2D eigenvalue weighted by Crippen LogP contribution is -2.12. The molecule has 5 aromatic rings. The van der Waals surface area contributed by atoms with Gasteiger partial charge < -0.3 is 15.0 Å². The summed E-state index contributed by atoms with van der Waals surface area (Å²) >= 11 is 0. The van der Waals surface area contributed by atoms with Crippen molar-refractivity contribution < 1.29 is 18.3 Å². The van der Waals surface area contributed by atoms with Gasteiger partial charge >= 0.3 is 5.97 Å². The van der Waals surface area contributed by atoms with Crippen molar-refractivity contribution in [1.29, 1.82) is 0 Å². The monoisotopic (exact) mass is 472 g/mol. The number of nitrogens with two attached hydrogens (primary N) is 1. The second-order valence-corrected chi connectivity index (χ2v) is 9.42. The van der Waals surface area contributed by atoms with Crippen LogP contribution in [-0.2, 0) is 16.6 Å². The van der Waals surface area contributed by atoms with Gasteiger partial charge in [0.15, 0.2) is 0 Å². The third-order valence-corrected chi connectivity index (χ3v) is 6.57. The number of hydrogen-bond donors (Lipinski definition) is 3. The fraction of sp³-hybridized carbons (Fsp3) is 0.0400. The lowest BCUT2D eigenvalue weighted by Gasteiger charge is -2.13. The fourth-order valence-electron chi connectivity index (χ4n) is 3.98. The van der Waals surface area contributed by atoms with Gasteiger partial charge in [-0.2, -0.15) is 0 Å². The van der Waals surface area contributed by atoms with Gasteiger partial charge in [-0.3, -0.25) is 0 Å². The van der Waals surface area contributed by atoms with Crippen molar-refractivity contribution >= 4 is 49.4 Å². The minimum Gasteiger partial charge on any atom is -0.478 e. The van der Waals surface area contributed by atoms with Gasteiger partial charge in [0.1, 0.15) is 0 Å². The van der Waals surface area contributed by atoms with Crippen molar-refractivity contribution in [2.45, 2.75) is 11.4 Å². The first-order chi connectivity index (χ1) is 16.3. The van der Waals surface area contributed by atoms with Crippen LogP contribution < -0.4 is 10.5 Å². The van der Waals surface area contributed by atoms with Gasteiger partial charge in [0.05, 0.1) is 28.0 Å². The summed E-state index contributed by atoms with van der Waals surface area (Å²) in [6.07, 6.45) is 0. The SMILES string of the molecule is NS(=O)(=O)c1ccc(Nc2nc3cc(C(=O)O)ccc3n2Cc2cccc3ccccc23)cc1. The number of sulfonamides is 1. The predicted octanol–water partition coefficient (Wildman–Crippen LogP) is 4.33. The topological polar surface area (TPSA) is 127 Å². The van der Waals surface area contributed by atoms with Crippen molar-refractivity contribution in [3.05, 3.63) is 96.1 Å². The molecular formula is C25H20N4O4S. The van der Waals surface area contributed by atoms with E-state index in [9.17, 15) is 18.3 Å². The summed E-state index contributed by atoms with van der Waals surface area (Å²) in [7, 11) is -3.80. The van der Waals surface area contributed by atoms with Gasteiger partial charge in [-0.05, 0) is 58.8 Å². The molecule has 34 heavy (non-hydrogen) atoms. The Bertz CT molecular complexity index is 1650. The van der Waals surface area contributed by atoms with E-state index in [-0.39, 0.29) is 10.5 Å². The molecule has 0 radical (unpaired) electrons. The highest BCUT2D eigenvalue weighted by Gasteiger charge is 2.15. The Kier molecular flexibility index (Phi) is 5.27. The highest BCUT2D eigenvalue weighted by molar-refractivity contribution is 7.89. The molecule has 0 fully saturated rings. The second kappa shape index (κ2) is 8.29. The number of rotatable bonds is 6. The minimum absolute atomic E-state index is 0.00779. The third kappa shape index (κ3) is 4.09. The molecule has 4 aromatic carbocycles. The Morgan fingerprint density at radius 3 is 2.44 bits per heavy atom. The van der Waals surface area contributed by atoms with E-state index in [1.54, 1.807) is 24.3 Å². The molecule has 1 aromatic heterocycles. The molecule has 0 saturated heterocycles. The number of primary sulfonamides is 1. The molecule has 0 aliphatic carbocycles. The summed E-state index contributed by atoms with van der Waals surface area (Å²) in [4.78, 5) is 16.1. The van der Waals surface area contributed by atoms with Gasteiger partial charge in [-0.25, -0.2) is 23.3 Å². The first-order valence-corrected chi connectivity index (χ1v) is 11.9. The summed E-state index contributed by atoms with van der Waals surface area (Å²) in [5.74, 6) is -0.535. The number of carbonyl (C=O) groups is 1. The molecule has 1 heterocycles. The summed E-state index contributed by atoms with van der Waals surface area (Å²) < 4.78 is 25.1. The predicted molar refractivity (Wildman–Crippen MR) is 131 cm³/mol. The zero-order valence-corrected chi connectivity index (χ0v) is 18.7. The van der Waals surface area contributed by atoms with Crippen LogP contribution in [0.15, 0.2) is 89.8 Å². The molecule has 0 aliphatic rings. The zero-order valence-electron chi connectivity index (χ0n) is 17.8. The van der Waals surface area contributed by atoms with E-state index in [4.69, 9.17) is 5.14 Å². The maximum absolute atomic E-state index is 11.6. The number of imidazole rings is 1. The number of hydrogen-bond acceptors (Lipinski definition) is 5. The highest BCUT2D eigenvalue weighted by Crippen LogP contribution is 2.28. The smallest absolute Gasteiger partial charge is 0.335 e. The van der Waals surface area contributed by atoms with E-state index in [1.165, 1.54) is 18.2 Å². The third-order valence-electron chi connectivity index (χ3n) is 5.64. The minimum atomic E-state index is -3.80. The van der Waals surface area contributed by atoms with Crippen molar-refractivity contribution in [1.82, 2.24) is 9.55 Å². The van der Waals surface area contributed by atoms with E-state index >= 15 is 0 Å². The van der Waals surface area contributed by atoms with Crippen LogP contribution >= 0.6 is 0 Å². The molecule has 9 heteroatoms. The Labute approximate surface area is 195 Å². The van der Waals surface area contributed by atoms with E-state index in [0.717, 1.165) is 21.9 Å². The zero-order chi connectivity index (χ0) is 23.9. The normalized spacial score (nSPS) is 11.7. The van der Waals surface area contributed by atoms with E-state index in [2.05, 4.69) is 28.5 Å². The molecule has 170 valence electrons. The van der Waals surface area contributed by atoms with Crippen LogP contribution in [0.3, 0.4) is 0 Å². The molecule has 4 N–H and O–H groups in total.